The summed E-state index contributed by atoms with van der Waals surface area (Å²) < 4.78 is 16.2. The second-order valence-corrected chi connectivity index (χ2v) is 8.34. The molecular weight excluding hydrogens is 300 g/mol. The minimum Gasteiger partial charge on any atom is -0.378 e. The first-order chi connectivity index (χ1) is 10.4. The van der Waals surface area contributed by atoms with Gasteiger partial charge < -0.3 is 23.9 Å². The highest BCUT2D eigenvalue weighted by atomic mass is 28.4. The van der Waals surface area contributed by atoms with Crippen molar-refractivity contribution in [2.45, 2.75) is 18.9 Å². The van der Waals surface area contributed by atoms with E-state index in [2.05, 4.69) is 0 Å². The standard InChI is InChI=1S/C15H26N2O4Si/c1-17(2)13-8-9-14(15(16)18)12(11-13)7-6-10-22(19-3,20-4)21-5/h8-9,11H,6-7,10H2,1-5H3,(H2,16,18). The van der Waals surface area contributed by atoms with Crippen LogP contribution in [-0.4, -0.2) is 50.1 Å². The Morgan fingerprint density at radius 1 is 1.18 bits per heavy atom. The number of primary amides is 1. The Morgan fingerprint density at radius 3 is 2.23 bits per heavy atom. The van der Waals surface area contributed by atoms with E-state index >= 15 is 0 Å². The normalized spacial score (nSPS) is 11.5. The van der Waals surface area contributed by atoms with Gasteiger partial charge in [-0.25, -0.2) is 0 Å². The molecule has 0 heterocycles. The highest BCUT2D eigenvalue weighted by Crippen LogP contribution is 2.22. The zero-order chi connectivity index (χ0) is 16.8. The summed E-state index contributed by atoms with van der Waals surface area (Å²) in [5.74, 6) is -0.408. The van der Waals surface area contributed by atoms with E-state index in [-0.39, 0.29) is 0 Å². The lowest BCUT2D eigenvalue weighted by Crippen LogP contribution is -2.42. The second-order valence-electron chi connectivity index (χ2n) is 5.25. The molecule has 0 fully saturated rings. The number of nitrogens with two attached hydrogens (primary N) is 1. The molecule has 124 valence electrons. The molecule has 0 aliphatic heterocycles. The molecule has 0 saturated heterocycles. The number of carbonyl (C=O) groups excluding carboxylic acids is 1. The van der Waals surface area contributed by atoms with Crippen LogP contribution in [-0.2, 0) is 19.7 Å². The van der Waals surface area contributed by atoms with Gasteiger partial charge in [0, 0.05) is 52.7 Å². The number of anilines is 1. The number of carbonyl (C=O) groups is 1. The number of hydrogen-bond acceptors (Lipinski definition) is 5. The summed E-state index contributed by atoms with van der Waals surface area (Å²) in [7, 11) is 6.14. The fraction of sp³-hybridized carbons (Fsp3) is 0.533. The molecule has 22 heavy (non-hydrogen) atoms. The minimum absolute atomic E-state index is 0.408. The van der Waals surface area contributed by atoms with Crippen molar-refractivity contribution in [3.63, 3.8) is 0 Å². The molecule has 0 bridgehead atoms. The Morgan fingerprint density at radius 2 is 1.77 bits per heavy atom. The van der Waals surface area contributed by atoms with Gasteiger partial charge in [0.2, 0.25) is 5.91 Å². The first-order valence-electron chi connectivity index (χ1n) is 7.14. The molecule has 0 aliphatic carbocycles. The number of hydrogen-bond donors (Lipinski definition) is 1. The molecule has 0 radical (unpaired) electrons. The van der Waals surface area contributed by atoms with Crippen LogP contribution in [0.3, 0.4) is 0 Å². The zero-order valence-electron chi connectivity index (χ0n) is 14.0. The second kappa shape index (κ2) is 8.28. The number of amides is 1. The Bertz CT molecular complexity index is 496. The monoisotopic (exact) mass is 326 g/mol. The lowest BCUT2D eigenvalue weighted by Gasteiger charge is -2.24. The largest absolute Gasteiger partial charge is 0.500 e. The molecule has 0 spiro atoms. The van der Waals surface area contributed by atoms with Crippen molar-refractivity contribution in [3.8, 4) is 0 Å². The van der Waals surface area contributed by atoms with Crippen LogP contribution in [0.5, 0.6) is 0 Å². The Kier molecular flexibility index (Phi) is 7.01. The van der Waals surface area contributed by atoms with Crippen LogP contribution in [0.4, 0.5) is 5.69 Å². The summed E-state index contributed by atoms with van der Waals surface area (Å²) in [4.78, 5) is 13.6. The third-order valence-electron chi connectivity index (χ3n) is 3.73. The van der Waals surface area contributed by atoms with Crippen LogP contribution in [0.25, 0.3) is 0 Å². The zero-order valence-corrected chi connectivity index (χ0v) is 15.0. The molecular formula is C15H26N2O4Si. The molecule has 1 rings (SSSR count). The molecule has 0 unspecified atom stereocenters. The summed E-state index contributed by atoms with van der Waals surface area (Å²) >= 11 is 0. The van der Waals surface area contributed by atoms with E-state index in [9.17, 15) is 4.79 Å². The summed E-state index contributed by atoms with van der Waals surface area (Å²) in [5, 5.41) is 0. The molecule has 7 heteroatoms. The van der Waals surface area contributed by atoms with Crippen molar-refractivity contribution in [2.24, 2.45) is 5.73 Å². The highest BCUT2D eigenvalue weighted by Gasteiger charge is 2.36. The molecule has 1 aromatic carbocycles. The van der Waals surface area contributed by atoms with Crippen molar-refractivity contribution in [1.82, 2.24) is 0 Å². The molecule has 1 aromatic rings. The predicted octanol–water partition coefficient (Wildman–Crippen LogP) is 1.66. The van der Waals surface area contributed by atoms with Crippen LogP contribution >= 0.6 is 0 Å². The van der Waals surface area contributed by atoms with Gasteiger partial charge >= 0.3 is 8.80 Å². The third-order valence-corrected chi connectivity index (χ3v) is 6.56. The average molecular weight is 326 g/mol. The van der Waals surface area contributed by atoms with E-state index in [1.807, 2.05) is 31.1 Å². The van der Waals surface area contributed by atoms with E-state index in [0.29, 0.717) is 18.0 Å². The molecule has 0 aliphatic rings. The predicted molar refractivity (Wildman–Crippen MR) is 89.2 cm³/mol. The fourth-order valence-corrected chi connectivity index (χ4v) is 4.08. The van der Waals surface area contributed by atoms with Crippen LogP contribution < -0.4 is 10.6 Å². The first kappa shape index (κ1) is 18.6. The van der Waals surface area contributed by atoms with Gasteiger partial charge in [0.15, 0.2) is 0 Å². The minimum atomic E-state index is -2.58. The summed E-state index contributed by atoms with van der Waals surface area (Å²) in [5.41, 5.74) is 7.99. The SMILES string of the molecule is CO[Si](CCCc1cc(N(C)C)ccc1C(N)=O)(OC)OC. The average Bonchev–Trinajstić information content (AvgIpc) is 2.51. The van der Waals surface area contributed by atoms with Crippen LogP contribution in [0.15, 0.2) is 18.2 Å². The number of aryl methyl sites for hydroxylation is 1. The Labute approximate surface area is 133 Å². The maximum Gasteiger partial charge on any atom is 0.500 e. The van der Waals surface area contributed by atoms with Crippen LogP contribution in [0, 0.1) is 0 Å². The number of nitrogens with zero attached hydrogens (tertiary/aromatic N) is 1. The molecule has 6 nitrogen and oxygen atoms in total. The van der Waals surface area contributed by atoms with Gasteiger partial charge in [-0.1, -0.05) is 0 Å². The van der Waals surface area contributed by atoms with Gasteiger partial charge in [0.25, 0.3) is 0 Å². The maximum absolute atomic E-state index is 11.6. The van der Waals surface area contributed by atoms with Gasteiger partial charge in [-0.2, -0.15) is 0 Å². The van der Waals surface area contributed by atoms with E-state index < -0.39 is 14.7 Å². The number of benzene rings is 1. The van der Waals surface area contributed by atoms with E-state index in [0.717, 1.165) is 17.7 Å². The van der Waals surface area contributed by atoms with Gasteiger partial charge in [0.05, 0.1) is 0 Å². The molecule has 0 atom stereocenters. The van der Waals surface area contributed by atoms with E-state index in [1.165, 1.54) is 0 Å². The van der Waals surface area contributed by atoms with Crippen molar-refractivity contribution in [2.75, 3.05) is 40.3 Å². The van der Waals surface area contributed by atoms with Crippen molar-refractivity contribution >= 4 is 20.4 Å². The van der Waals surface area contributed by atoms with E-state index in [4.69, 9.17) is 19.0 Å². The smallest absolute Gasteiger partial charge is 0.378 e. The maximum atomic E-state index is 11.6. The lowest BCUT2D eigenvalue weighted by atomic mass is 10.0. The summed E-state index contributed by atoms with van der Waals surface area (Å²) in [6.07, 6.45) is 1.50. The summed E-state index contributed by atoms with van der Waals surface area (Å²) in [6, 6.07) is 6.35. The van der Waals surface area contributed by atoms with Crippen LogP contribution in [0.1, 0.15) is 22.3 Å². The van der Waals surface area contributed by atoms with E-state index in [1.54, 1.807) is 27.4 Å². The first-order valence-corrected chi connectivity index (χ1v) is 9.07. The fourth-order valence-electron chi connectivity index (χ4n) is 2.36. The summed E-state index contributed by atoms with van der Waals surface area (Å²) in [6.45, 7) is 0. The lowest BCUT2D eigenvalue weighted by molar-refractivity contribution is 0.0999. The van der Waals surface area contributed by atoms with Gasteiger partial charge in [-0.05, 0) is 36.6 Å². The van der Waals surface area contributed by atoms with Gasteiger partial charge in [-0.3, -0.25) is 4.79 Å². The Hall–Kier alpha value is -1.41. The third kappa shape index (κ3) is 4.54. The van der Waals surface area contributed by atoms with Gasteiger partial charge in [0.1, 0.15) is 0 Å². The molecule has 2 N–H and O–H groups in total. The Balaban J connectivity index is 2.87. The molecule has 0 saturated carbocycles. The van der Waals surface area contributed by atoms with Crippen molar-refractivity contribution in [1.29, 1.82) is 0 Å². The van der Waals surface area contributed by atoms with Crippen molar-refractivity contribution < 1.29 is 18.1 Å². The van der Waals surface area contributed by atoms with Gasteiger partial charge in [-0.15, -0.1) is 0 Å². The topological polar surface area (TPSA) is 74.0 Å². The molecule has 1 amide bonds. The number of rotatable bonds is 9. The molecule has 0 aromatic heterocycles. The quantitative estimate of drug-likeness (QED) is 0.699. The highest BCUT2D eigenvalue weighted by molar-refractivity contribution is 6.60. The van der Waals surface area contributed by atoms with Crippen LogP contribution in [0.2, 0.25) is 6.04 Å². The van der Waals surface area contributed by atoms with Crippen molar-refractivity contribution in [3.05, 3.63) is 29.3 Å².